The third-order valence-electron chi connectivity index (χ3n) is 1.97. The average molecular weight is 231 g/mol. The van der Waals surface area contributed by atoms with Crippen molar-refractivity contribution in [1.29, 1.82) is 0 Å². The van der Waals surface area contributed by atoms with E-state index in [9.17, 15) is 9.59 Å². The van der Waals surface area contributed by atoms with Gasteiger partial charge in [-0.25, -0.2) is 5.10 Å². The lowest BCUT2D eigenvalue weighted by Crippen LogP contribution is -2.25. The van der Waals surface area contributed by atoms with Gasteiger partial charge in [0.15, 0.2) is 0 Å². The molecule has 0 aliphatic carbocycles. The van der Waals surface area contributed by atoms with Crippen molar-refractivity contribution in [2.24, 2.45) is 0 Å². The van der Waals surface area contributed by atoms with E-state index in [2.05, 4.69) is 25.7 Å². The molecule has 0 spiro atoms. The second kappa shape index (κ2) is 4.97. The van der Waals surface area contributed by atoms with Gasteiger partial charge in [-0.2, -0.15) is 15.3 Å². The van der Waals surface area contributed by atoms with Crippen LogP contribution in [0.15, 0.2) is 35.3 Å². The Balaban J connectivity index is 1.98. The molecule has 0 saturated carbocycles. The van der Waals surface area contributed by atoms with Crippen molar-refractivity contribution in [1.82, 2.24) is 25.7 Å². The van der Waals surface area contributed by atoms with Crippen LogP contribution in [-0.4, -0.2) is 26.3 Å². The molecule has 1 amide bonds. The van der Waals surface area contributed by atoms with Crippen molar-refractivity contribution in [2.75, 3.05) is 0 Å². The van der Waals surface area contributed by atoms with Gasteiger partial charge >= 0.3 is 0 Å². The molecule has 17 heavy (non-hydrogen) atoms. The smallest absolute Gasteiger partial charge is 0.272 e. The first-order valence-corrected chi connectivity index (χ1v) is 4.86. The number of hydrogen-bond donors (Lipinski definition) is 2. The summed E-state index contributed by atoms with van der Waals surface area (Å²) in [6.45, 7) is 0.257. The molecule has 0 aromatic carbocycles. The predicted octanol–water partition coefficient (Wildman–Crippen LogP) is -0.510. The molecule has 2 N–H and O–H groups in total. The number of carbonyl (C=O) groups excluding carboxylic acids is 1. The van der Waals surface area contributed by atoms with Crippen LogP contribution in [0, 0.1) is 0 Å². The molecule has 0 atom stereocenters. The molecular weight excluding hydrogens is 222 g/mol. The van der Waals surface area contributed by atoms with Crippen molar-refractivity contribution in [2.45, 2.75) is 6.54 Å². The maximum absolute atomic E-state index is 11.6. The van der Waals surface area contributed by atoms with Crippen LogP contribution in [0.5, 0.6) is 0 Å². The number of amides is 1. The number of rotatable bonds is 3. The zero-order valence-corrected chi connectivity index (χ0v) is 8.75. The Bertz CT molecular complexity index is 546. The van der Waals surface area contributed by atoms with Crippen molar-refractivity contribution in [3.63, 3.8) is 0 Å². The lowest BCUT2D eigenvalue weighted by molar-refractivity contribution is 0.0944. The SMILES string of the molecule is O=C(NCc1cccnn1)c1ccc(=O)[nH]n1. The highest BCUT2D eigenvalue weighted by molar-refractivity contribution is 5.91. The fourth-order valence-corrected chi connectivity index (χ4v) is 1.16. The highest BCUT2D eigenvalue weighted by atomic mass is 16.2. The van der Waals surface area contributed by atoms with Crippen LogP contribution in [0.3, 0.4) is 0 Å². The second-order valence-electron chi connectivity index (χ2n) is 3.20. The summed E-state index contributed by atoms with van der Waals surface area (Å²) >= 11 is 0. The molecular formula is C10H9N5O2. The summed E-state index contributed by atoms with van der Waals surface area (Å²) in [4.78, 5) is 22.3. The van der Waals surface area contributed by atoms with Crippen LogP contribution in [0.2, 0.25) is 0 Å². The van der Waals surface area contributed by atoms with E-state index < -0.39 is 0 Å². The number of nitrogens with one attached hydrogen (secondary N) is 2. The van der Waals surface area contributed by atoms with E-state index >= 15 is 0 Å². The summed E-state index contributed by atoms with van der Waals surface area (Å²) in [6.07, 6.45) is 1.55. The number of H-pyrrole nitrogens is 1. The summed E-state index contributed by atoms with van der Waals surface area (Å²) in [6, 6.07) is 6.06. The molecule has 2 aromatic heterocycles. The van der Waals surface area contributed by atoms with E-state index in [4.69, 9.17) is 0 Å². The second-order valence-corrected chi connectivity index (χ2v) is 3.20. The van der Waals surface area contributed by atoms with Crippen LogP contribution in [0.4, 0.5) is 0 Å². The maximum Gasteiger partial charge on any atom is 0.272 e. The number of hydrogen-bond acceptors (Lipinski definition) is 5. The van der Waals surface area contributed by atoms with Gasteiger partial charge in [-0.15, -0.1) is 0 Å². The number of aromatic nitrogens is 4. The van der Waals surface area contributed by atoms with Crippen molar-refractivity contribution in [3.05, 3.63) is 52.2 Å². The minimum atomic E-state index is -0.382. The van der Waals surface area contributed by atoms with Gasteiger partial charge in [0.1, 0.15) is 5.69 Å². The molecule has 0 aliphatic heterocycles. The van der Waals surface area contributed by atoms with Gasteiger partial charge in [-0.05, 0) is 18.2 Å². The summed E-state index contributed by atoms with van der Waals surface area (Å²) < 4.78 is 0. The van der Waals surface area contributed by atoms with E-state index in [0.717, 1.165) is 0 Å². The molecule has 0 aliphatic rings. The molecule has 86 valence electrons. The third-order valence-corrected chi connectivity index (χ3v) is 1.97. The number of nitrogens with zero attached hydrogens (tertiary/aromatic N) is 3. The average Bonchev–Trinajstić information content (AvgIpc) is 2.38. The molecule has 2 aromatic rings. The van der Waals surface area contributed by atoms with E-state index in [-0.39, 0.29) is 23.7 Å². The van der Waals surface area contributed by atoms with E-state index in [1.54, 1.807) is 18.3 Å². The standard InChI is InChI=1S/C10H9N5O2/c16-9-4-3-8(14-15-9)10(17)11-6-7-2-1-5-12-13-7/h1-5H,6H2,(H,11,17)(H,15,16). The van der Waals surface area contributed by atoms with Gasteiger partial charge in [0.25, 0.3) is 11.5 Å². The molecule has 0 fully saturated rings. The predicted molar refractivity (Wildman–Crippen MR) is 58.1 cm³/mol. The molecule has 0 unspecified atom stereocenters. The molecule has 0 bridgehead atoms. The zero-order valence-electron chi connectivity index (χ0n) is 8.75. The Labute approximate surface area is 95.9 Å². The highest BCUT2D eigenvalue weighted by Crippen LogP contribution is 1.93. The van der Waals surface area contributed by atoms with Gasteiger partial charge in [-0.3, -0.25) is 9.59 Å². The first kappa shape index (κ1) is 10.9. The molecule has 2 heterocycles. The lowest BCUT2D eigenvalue weighted by atomic mass is 10.3. The first-order chi connectivity index (χ1) is 8.25. The fourth-order valence-electron chi connectivity index (χ4n) is 1.16. The van der Waals surface area contributed by atoms with Crippen LogP contribution in [0.1, 0.15) is 16.2 Å². The van der Waals surface area contributed by atoms with E-state index in [1.165, 1.54) is 12.1 Å². The van der Waals surface area contributed by atoms with Gasteiger partial charge in [0.05, 0.1) is 12.2 Å². The maximum atomic E-state index is 11.6. The largest absolute Gasteiger partial charge is 0.345 e. The monoisotopic (exact) mass is 231 g/mol. The van der Waals surface area contributed by atoms with Gasteiger partial charge in [0.2, 0.25) is 0 Å². The van der Waals surface area contributed by atoms with Crippen molar-refractivity contribution in [3.8, 4) is 0 Å². The van der Waals surface area contributed by atoms with E-state index in [0.29, 0.717) is 5.69 Å². The topological polar surface area (TPSA) is 101 Å². The van der Waals surface area contributed by atoms with Gasteiger partial charge < -0.3 is 5.32 Å². The fraction of sp³-hybridized carbons (Fsp3) is 0.100. The Morgan fingerprint density at radius 3 is 2.88 bits per heavy atom. The number of aromatic amines is 1. The summed E-state index contributed by atoms with van der Waals surface area (Å²) in [5.41, 5.74) is 0.439. The van der Waals surface area contributed by atoms with Gasteiger partial charge in [0, 0.05) is 12.3 Å². The van der Waals surface area contributed by atoms with Crippen LogP contribution < -0.4 is 10.9 Å². The molecule has 0 radical (unpaired) electrons. The van der Waals surface area contributed by atoms with Crippen LogP contribution in [-0.2, 0) is 6.54 Å². The normalized spacial score (nSPS) is 9.88. The Kier molecular flexibility index (Phi) is 3.20. The molecule has 7 heteroatoms. The Morgan fingerprint density at radius 1 is 1.35 bits per heavy atom. The molecule has 7 nitrogen and oxygen atoms in total. The Morgan fingerprint density at radius 2 is 2.24 bits per heavy atom. The van der Waals surface area contributed by atoms with Gasteiger partial charge in [-0.1, -0.05) is 0 Å². The van der Waals surface area contributed by atoms with Crippen LogP contribution >= 0.6 is 0 Å². The zero-order chi connectivity index (χ0) is 12.1. The third kappa shape index (κ3) is 2.94. The van der Waals surface area contributed by atoms with Crippen LogP contribution in [0.25, 0.3) is 0 Å². The summed E-state index contributed by atoms with van der Waals surface area (Å²) in [7, 11) is 0. The lowest BCUT2D eigenvalue weighted by Gasteiger charge is -2.02. The minimum Gasteiger partial charge on any atom is -0.345 e. The Hall–Kier alpha value is -2.57. The quantitative estimate of drug-likeness (QED) is 0.740. The minimum absolute atomic E-state index is 0.147. The van der Waals surface area contributed by atoms with Crippen molar-refractivity contribution < 1.29 is 4.79 Å². The summed E-state index contributed by atoms with van der Waals surface area (Å²) in [5.74, 6) is -0.382. The number of carbonyl (C=O) groups is 1. The molecule has 2 rings (SSSR count). The van der Waals surface area contributed by atoms with E-state index in [1.807, 2.05) is 0 Å². The van der Waals surface area contributed by atoms with Crippen molar-refractivity contribution >= 4 is 5.91 Å². The summed E-state index contributed by atoms with van der Waals surface area (Å²) in [5, 5.41) is 15.9. The highest BCUT2D eigenvalue weighted by Gasteiger charge is 2.06. The first-order valence-electron chi connectivity index (χ1n) is 4.86. The molecule has 0 saturated heterocycles.